The van der Waals surface area contributed by atoms with Crippen LogP contribution in [0.3, 0.4) is 0 Å². The molecule has 0 unspecified atom stereocenters. The van der Waals surface area contributed by atoms with Crippen molar-refractivity contribution in [3.05, 3.63) is 64.4 Å². The zero-order valence-corrected chi connectivity index (χ0v) is 15.3. The molecular formula is C20H18N4OS. The quantitative estimate of drug-likeness (QED) is 0.546. The molecule has 6 heteroatoms. The highest BCUT2D eigenvalue weighted by Crippen LogP contribution is 2.34. The fourth-order valence-electron chi connectivity index (χ4n) is 3.64. The number of rotatable bonds is 3. The molecule has 0 aliphatic carbocycles. The molecule has 1 aliphatic heterocycles. The van der Waals surface area contributed by atoms with E-state index in [9.17, 15) is 0 Å². The van der Waals surface area contributed by atoms with E-state index in [1.165, 1.54) is 32.7 Å². The van der Waals surface area contributed by atoms with Gasteiger partial charge in [-0.25, -0.2) is 0 Å². The predicted octanol–water partition coefficient (Wildman–Crippen LogP) is 4.21. The summed E-state index contributed by atoms with van der Waals surface area (Å²) in [4.78, 5) is 3.66. The third-order valence-corrected chi connectivity index (χ3v) is 5.87. The SMILES string of the molecule is Cc1nnsc1CN1CCc2onc(-c3cccc4ccccc34)c2C1. The summed E-state index contributed by atoms with van der Waals surface area (Å²) in [5, 5.41) is 11.0. The molecule has 0 radical (unpaired) electrons. The van der Waals surface area contributed by atoms with Crippen molar-refractivity contribution in [3.63, 3.8) is 0 Å². The molecule has 2 aromatic heterocycles. The van der Waals surface area contributed by atoms with Crippen molar-refractivity contribution < 1.29 is 4.52 Å². The number of nitrogens with zero attached hydrogens (tertiary/aromatic N) is 4. The van der Waals surface area contributed by atoms with E-state index in [2.05, 4.69) is 62.1 Å². The van der Waals surface area contributed by atoms with Crippen molar-refractivity contribution in [2.75, 3.05) is 6.54 Å². The Balaban J connectivity index is 1.52. The fraction of sp³-hybridized carbons (Fsp3) is 0.250. The highest BCUT2D eigenvalue weighted by molar-refractivity contribution is 7.05. The molecule has 5 nitrogen and oxygen atoms in total. The summed E-state index contributed by atoms with van der Waals surface area (Å²) in [6.45, 7) is 4.71. The Bertz CT molecular complexity index is 1080. The maximum Gasteiger partial charge on any atom is 0.143 e. The van der Waals surface area contributed by atoms with Crippen LogP contribution in [0.1, 0.15) is 21.9 Å². The molecule has 0 atom stereocenters. The van der Waals surface area contributed by atoms with E-state index < -0.39 is 0 Å². The Hall–Kier alpha value is -2.57. The minimum atomic E-state index is 0.842. The Morgan fingerprint density at radius 1 is 1.15 bits per heavy atom. The van der Waals surface area contributed by atoms with Crippen molar-refractivity contribution in [2.45, 2.75) is 26.4 Å². The molecule has 0 amide bonds. The van der Waals surface area contributed by atoms with Crippen LogP contribution in [0, 0.1) is 6.92 Å². The molecule has 4 aromatic rings. The zero-order valence-electron chi connectivity index (χ0n) is 14.5. The Kier molecular flexibility index (Phi) is 3.80. The maximum atomic E-state index is 5.70. The first kappa shape index (κ1) is 15.7. The molecule has 0 bridgehead atoms. The fourth-order valence-corrected chi connectivity index (χ4v) is 4.32. The van der Waals surface area contributed by atoms with Crippen LogP contribution in [-0.2, 0) is 19.5 Å². The number of hydrogen-bond donors (Lipinski definition) is 0. The van der Waals surface area contributed by atoms with Gasteiger partial charge in [-0.05, 0) is 29.2 Å². The lowest BCUT2D eigenvalue weighted by atomic mass is 9.97. The van der Waals surface area contributed by atoms with E-state index in [1.54, 1.807) is 0 Å². The highest BCUT2D eigenvalue weighted by Gasteiger charge is 2.26. The summed E-state index contributed by atoms with van der Waals surface area (Å²) in [7, 11) is 0. The van der Waals surface area contributed by atoms with Crippen molar-refractivity contribution in [1.82, 2.24) is 19.6 Å². The van der Waals surface area contributed by atoms with Crippen LogP contribution in [0.15, 0.2) is 47.0 Å². The van der Waals surface area contributed by atoms with Crippen LogP contribution in [0.4, 0.5) is 0 Å². The van der Waals surface area contributed by atoms with Gasteiger partial charge in [0.05, 0.1) is 10.6 Å². The van der Waals surface area contributed by atoms with E-state index >= 15 is 0 Å². The second-order valence-electron chi connectivity index (χ2n) is 6.70. The average Bonchev–Trinajstić information content (AvgIpc) is 3.27. The normalized spacial score (nSPS) is 14.7. The molecular weight excluding hydrogens is 344 g/mol. The number of fused-ring (bicyclic) bond motifs is 2. The molecule has 0 N–H and O–H groups in total. The van der Waals surface area contributed by atoms with Gasteiger partial charge in [-0.1, -0.05) is 52.1 Å². The summed E-state index contributed by atoms with van der Waals surface area (Å²) in [5.41, 5.74) is 4.36. The lowest BCUT2D eigenvalue weighted by molar-refractivity contribution is 0.230. The van der Waals surface area contributed by atoms with Crippen LogP contribution in [-0.4, -0.2) is 26.2 Å². The predicted molar refractivity (Wildman–Crippen MR) is 102 cm³/mol. The number of hydrogen-bond acceptors (Lipinski definition) is 6. The first-order valence-electron chi connectivity index (χ1n) is 8.75. The van der Waals surface area contributed by atoms with Gasteiger partial charge in [0.2, 0.25) is 0 Å². The second kappa shape index (κ2) is 6.30. The van der Waals surface area contributed by atoms with Gasteiger partial charge < -0.3 is 4.52 Å². The molecule has 2 aromatic carbocycles. The summed E-state index contributed by atoms with van der Waals surface area (Å²) in [6, 6.07) is 14.8. The third-order valence-electron chi connectivity index (χ3n) is 5.06. The number of aryl methyl sites for hydroxylation is 1. The molecule has 5 rings (SSSR count). The van der Waals surface area contributed by atoms with Crippen LogP contribution < -0.4 is 0 Å². The van der Waals surface area contributed by atoms with Gasteiger partial charge in [0.25, 0.3) is 0 Å². The zero-order chi connectivity index (χ0) is 17.5. The van der Waals surface area contributed by atoms with E-state index in [0.717, 1.165) is 48.8 Å². The molecule has 0 spiro atoms. The van der Waals surface area contributed by atoms with Gasteiger partial charge in [-0.15, -0.1) is 5.10 Å². The third kappa shape index (κ3) is 2.62. The van der Waals surface area contributed by atoms with E-state index in [1.807, 2.05) is 6.92 Å². The lowest BCUT2D eigenvalue weighted by Crippen LogP contribution is -2.29. The summed E-state index contributed by atoms with van der Waals surface area (Å²) in [6.07, 6.45) is 0.887. The van der Waals surface area contributed by atoms with Gasteiger partial charge in [0.1, 0.15) is 11.5 Å². The first-order chi connectivity index (χ1) is 12.8. The highest BCUT2D eigenvalue weighted by atomic mass is 32.1. The molecule has 0 fully saturated rings. The van der Waals surface area contributed by atoms with Gasteiger partial charge in [0, 0.05) is 37.2 Å². The van der Waals surface area contributed by atoms with Gasteiger partial charge in [-0.3, -0.25) is 4.90 Å². The molecule has 3 heterocycles. The van der Waals surface area contributed by atoms with Crippen molar-refractivity contribution in [1.29, 1.82) is 0 Å². The number of aromatic nitrogens is 3. The number of benzene rings is 2. The molecule has 1 aliphatic rings. The van der Waals surface area contributed by atoms with E-state index in [0.29, 0.717) is 0 Å². The van der Waals surface area contributed by atoms with Crippen LogP contribution >= 0.6 is 11.5 Å². The average molecular weight is 362 g/mol. The van der Waals surface area contributed by atoms with Crippen LogP contribution in [0.25, 0.3) is 22.0 Å². The smallest absolute Gasteiger partial charge is 0.143 e. The Labute approximate surface area is 155 Å². The summed E-state index contributed by atoms with van der Waals surface area (Å²) < 4.78 is 9.75. The van der Waals surface area contributed by atoms with Crippen LogP contribution in [0.2, 0.25) is 0 Å². The standard InChI is InChI=1S/C20H18N4OS/c1-13-19(26-23-21-13)12-24-10-9-18-17(11-24)20(22-25-18)16-8-4-6-14-5-2-3-7-15(14)16/h2-8H,9-12H2,1H3. The summed E-state index contributed by atoms with van der Waals surface area (Å²) in [5.74, 6) is 1.02. The molecule has 26 heavy (non-hydrogen) atoms. The topological polar surface area (TPSA) is 55.1 Å². The molecule has 0 saturated carbocycles. The van der Waals surface area contributed by atoms with Gasteiger partial charge >= 0.3 is 0 Å². The Morgan fingerprint density at radius 3 is 2.92 bits per heavy atom. The first-order valence-corrected chi connectivity index (χ1v) is 9.52. The Morgan fingerprint density at radius 2 is 2.04 bits per heavy atom. The molecule has 0 saturated heterocycles. The van der Waals surface area contributed by atoms with Crippen molar-refractivity contribution in [3.8, 4) is 11.3 Å². The van der Waals surface area contributed by atoms with Crippen molar-refractivity contribution >= 4 is 22.3 Å². The molecule has 130 valence electrons. The summed E-state index contributed by atoms with van der Waals surface area (Å²) >= 11 is 1.49. The van der Waals surface area contributed by atoms with E-state index in [4.69, 9.17) is 4.52 Å². The van der Waals surface area contributed by atoms with E-state index in [-0.39, 0.29) is 0 Å². The maximum absolute atomic E-state index is 5.70. The minimum Gasteiger partial charge on any atom is -0.360 e. The monoisotopic (exact) mass is 362 g/mol. The minimum absolute atomic E-state index is 0.842. The van der Waals surface area contributed by atoms with Crippen molar-refractivity contribution in [2.24, 2.45) is 0 Å². The largest absolute Gasteiger partial charge is 0.360 e. The lowest BCUT2D eigenvalue weighted by Gasteiger charge is -2.25. The van der Waals surface area contributed by atoms with Gasteiger partial charge in [-0.2, -0.15) is 0 Å². The van der Waals surface area contributed by atoms with Gasteiger partial charge in [0.15, 0.2) is 0 Å². The second-order valence-corrected chi connectivity index (χ2v) is 7.54. The van der Waals surface area contributed by atoms with Crippen LogP contribution in [0.5, 0.6) is 0 Å².